The summed E-state index contributed by atoms with van der Waals surface area (Å²) in [5.41, 5.74) is -0.360. The summed E-state index contributed by atoms with van der Waals surface area (Å²) in [6.07, 6.45) is 0.290. The Kier molecular flexibility index (Phi) is 5.31. The van der Waals surface area contributed by atoms with Crippen LogP contribution in [0.3, 0.4) is 0 Å². The van der Waals surface area contributed by atoms with E-state index >= 15 is 0 Å². The Morgan fingerprint density at radius 2 is 2.05 bits per heavy atom. The molecule has 0 aliphatic carbocycles. The van der Waals surface area contributed by atoms with E-state index in [1.807, 2.05) is 20.8 Å². The number of aliphatic hydroxyl groups is 1. The van der Waals surface area contributed by atoms with Gasteiger partial charge in [0.2, 0.25) is 10.0 Å². The Bertz CT molecular complexity index is 571. The van der Waals surface area contributed by atoms with E-state index in [2.05, 4.69) is 4.72 Å². The normalized spacial score (nSPS) is 14.2. The first-order chi connectivity index (χ1) is 9.08. The van der Waals surface area contributed by atoms with Gasteiger partial charge in [-0.2, -0.15) is 0 Å². The molecule has 0 saturated heterocycles. The van der Waals surface area contributed by atoms with Crippen LogP contribution in [0.1, 0.15) is 36.9 Å². The van der Waals surface area contributed by atoms with Crippen molar-refractivity contribution in [1.29, 1.82) is 0 Å². The molecule has 1 unspecified atom stereocenters. The van der Waals surface area contributed by atoms with Crippen molar-refractivity contribution in [2.24, 2.45) is 5.41 Å². The largest absolute Gasteiger partial charge is 0.477 e. The van der Waals surface area contributed by atoms with Crippen LogP contribution in [0.5, 0.6) is 0 Å². The third kappa shape index (κ3) is 4.27. The molecule has 0 aromatic carbocycles. The number of hydrogen-bond donors (Lipinski definition) is 3. The van der Waals surface area contributed by atoms with Crippen molar-refractivity contribution in [3.63, 3.8) is 0 Å². The van der Waals surface area contributed by atoms with Gasteiger partial charge >= 0.3 is 5.97 Å². The molecule has 0 bridgehead atoms. The number of carboxylic acid groups (broad SMARTS) is 1. The zero-order valence-electron chi connectivity index (χ0n) is 11.6. The molecule has 1 heterocycles. The summed E-state index contributed by atoms with van der Waals surface area (Å²) in [7, 11) is -3.79. The minimum atomic E-state index is -3.79. The monoisotopic (exact) mass is 321 g/mol. The number of sulfonamides is 1. The van der Waals surface area contributed by atoms with Gasteiger partial charge in [-0.05, 0) is 17.9 Å². The Hall–Kier alpha value is -0.960. The van der Waals surface area contributed by atoms with E-state index in [0.717, 1.165) is 17.4 Å². The highest BCUT2D eigenvalue weighted by atomic mass is 32.2. The van der Waals surface area contributed by atoms with Gasteiger partial charge in [-0.15, -0.1) is 11.3 Å². The average Bonchev–Trinajstić information content (AvgIpc) is 2.76. The molecule has 3 N–H and O–H groups in total. The molecular weight excluding hydrogens is 302 g/mol. The first-order valence-electron chi connectivity index (χ1n) is 6.03. The Labute approximate surface area is 122 Å². The lowest BCUT2D eigenvalue weighted by Crippen LogP contribution is -2.44. The van der Waals surface area contributed by atoms with Crippen molar-refractivity contribution < 1.29 is 23.4 Å². The van der Waals surface area contributed by atoms with Crippen LogP contribution < -0.4 is 4.72 Å². The molecule has 1 atom stereocenters. The number of aromatic carboxylic acids is 1. The summed E-state index contributed by atoms with van der Waals surface area (Å²) < 4.78 is 27.0. The number of carbonyl (C=O) groups is 1. The molecule has 0 aliphatic heterocycles. The molecular formula is C12H19NO5S2. The highest BCUT2D eigenvalue weighted by Crippen LogP contribution is 2.25. The topological polar surface area (TPSA) is 104 Å². The lowest BCUT2D eigenvalue weighted by Gasteiger charge is -2.30. The molecule has 1 aromatic rings. The van der Waals surface area contributed by atoms with Gasteiger partial charge in [-0.3, -0.25) is 0 Å². The fourth-order valence-electron chi connectivity index (χ4n) is 1.63. The van der Waals surface area contributed by atoms with Gasteiger partial charge in [-0.1, -0.05) is 20.8 Å². The van der Waals surface area contributed by atoms with E-state index in [0.29, 0.717) is 6.42 Å². The van der Waals surface area contributed by atoms with Gasteiger partial charge in [0.1, 0.15) is 4.88 Å². The SMILES string of the molecule is CC(C)(C)C(CCO)NS(=O)(=O)c1csc(C(=O)O)c1. The van der Waals surface area contributed by atoms with Crippen LogP contribution in [0.15, 0.2) is 16.3 Å². The molecule has 6 nitrogen and oxygen atoms in total. The van der Waals surface area contributed by atoms with Gasteiger partial charge in [0.05, 0.1) is 4.90 Å². The molecule has 0 fully saturated rings. The highest BCUT2D eigenvalue weighted by Gasteiger charge is 2.30. The van der Waals surface area contributed by atoms with Crippen LogP contribution in [0.4, 0.5) is 0 Å². The number of rotatable bonds is 6. The summed E-state index contributed by atoms with van der Waals surface area (Å²) in [5, 5.41) is 19.2. The Morgan fingerprint density at radius 3 is 2.45 bits per heavy atom. The summed E-state index contributed by atoms with van der Waals surface area (Å²) in [6.45, 7) is 5.47. The quantitative estimate of drug-likeness (QED) is 0.737. The molecule has 0 amide bonds. The van der Waals surface area contributed by atoms with Crippen LogP contribution >= 0.6 is 11.3 Å². The first-order valence-corrected chi connectivity index (χ1v) is 8.39. The second-order valence-electron chi connectivity index (χ2n) is 5.50. The molecule has 0 saturated carbocycles. The van der Waals surface area contributed by atoms with E-state index in [1.54, 1.807) is 0 Å². The molecule has 0 aliphatic rings. The molecule has 8 heteroatoms. The van der Waals surface area contributed by atoms with Crippen LogP contribution in [0, 0.1) is 5.41 Å². The van der Waals surface area contributed by atoms with Gasteiger partial charge < -0.3 is 10.2 Å². The lowest BCUT2D eigenvalue weighted by atomic mass is 9.86. The summed E-state index contributed by atoms with van der Waals surface area (Å²) in [5.74, 6) is -1.15. The number of nitrogens with one attached hydrogen (secondary N) is 1. The molecule has 114 valence electrons. The molecule has 1 aromatic heterocycles. The fourth-order valence-corrected chi connectivity index (χ4v) is 4.21. The van der Waals surface area contributed by atoms with Gasteiger partial charge in [-0.25, -0.2) is 17.9 Å². The number of hydrogen-bond acceptors (Lipinski definition) is 5. The summed E-state index contributed by atoms with van der Waals surface area (Å²) in [4.78, 5) is 10.7. The Morgan fingerprint density at radius 1 is 1.45 bits per heavy atom. The summed E-state index contributed by atoms with van der Waals surface area (Å²) >= 11 is 0.864. The van der Waals surface area contributed by atoms with Gasteiger partial charge in [0.25, 0.3) is 0 Å². The van der Waals surface area contributed by atoms with Crippen molar-refractivity contribution in [1.82, 2.24) is 4.72 Å². The van der Waals surface area contributed by atoms with Crippen LogP contribution in [-0.4, -0.2) is 37.2 Å². The maximum Gasteiger partial charge on any atom is 0.345 e. The third-order valence-corrected chi connectivity index (χ3v) is 5.38. The van der Waals surface area contributed by atoms with E-state index in [9.17, 15) is 13.2 Å². The number of aliphatic hydroxyl groups excluding tert-OH is 1. The summed E-state index contributed by atoms with van der Waals surface area (Å²) in [6, 6.07) is 0.694. The van der Waals surface area contributed by atoms with Gasteiger partial charge in [0, 0.05) is 18.0 Å². The average molecular weight is 321 g/mol. The number of thiophene rings is 1. The van der Waals surface area contributed by atoms with E-state index in [-0.39, 0.29) is 21.8 Å². The maximum atomic E-state index is 12.2. The van der Waals surface area contributed by atoms with Crippen molar-refractivity contribution in [3.05, 3.63) is 16.3 Å². The predicted octanol–water partition coefficient (Wildman–Crippen LogP) is 1.52. The standard InChI is InChI=1S/C12H19NO5S2/c1-12(2,3)10(4-5-14)13-20(17,18)8-6-9(11(15)16)19-7-8/h6-7,10,13-14H,4-5H2,1-3H3,(H,15,16). The van der Waals surface area contributed by atoms with E-state index < -0.39 is 22.0 Å². The highest BCUT2D eigenvalue weighted by molar-refractivity contribution is 7.89. The minimum absolute atomic E-state index is 0.0279. The zero-order valence-corrected chi connectivity index (χ0v) is 13.2. The third-order valence-electron chi connectivity index (χ3n) is 2.86. The van der Waals surface area contributed by atoms with Crippen molar-refractivity contribution >= 4 is 27.3 Å². The first kappa shape index (κ1) is 17.1. The van der Waals surface area contributed by atoms with E-state index in [1.165, 1.54) is 5.38 Å². The van der Waals surface area contributed by atoms with Crippen molar-refractivity contribution in [2.45, 2.75) is 38.1 Å². The van der Waals surface area contributed by atoms with Crippen LogP contribution in [-0.2, 0) is 10.0 Å². The second kappa shape index (κ2) is 6.21. The van der Waals surface area contributed by atoms with Crippen LogP contribution in [0.2, 0.25) is 0 Å². The zero-order chi connectivity index (χ0) is 15.6. The fraction of sp³-hybridized carbons (Fsp3) is 0.583. The lowest BCUT2D eigenvalue weighted by molar-refractivity contribution is 0.0702. The second-order valence-corrected chi connectivity index (χ2v) is 8.13. The van der Waals surface area contributed by atoms with Crippen molar-refractivity contribution in [3.8, 4) is 0 Å². The maximum absolute atomic E-state index is 12.2. The molecule has 20 heavy (non-hydrogen) atoms. The Balaban J connectivity index is 3.00. The minimum Gasteiger partial charge on any atom is -0.477 e. The number of carboxylic acids is 1. The molecule has 0 spiro atoms. The van der Waals surface area contributed by atoms with Crippen LogP contribution in [0.25, 0.3) is 0 Å². The predicted molar refractivity (Wildman–Crippen MR) is 76.5 cm³/mol. The van der Waals surface area contributed by atoms with E-state index in [4.69, 9.17) is 10.2 Å². The molecule has 0 radical (unpaired) electrons. The van der Waals surface area contributed by atoms with Crippen molar-refractivity contribution in [2.75, 3.05) is 6.61 Å². The molecule has 1 rings (SSSR count). The van der Waals surface area contributed by atoms with Gasteiger partial charge in [0.15, 0.2) is 0 Å². The smallest absolute Gasteiger partial charge is 0.345 e.